The second kappa shape index (κ2) is 38.4. The third kappa shape index (κ3) is 102. The number of hydrogen-bond donors (Lipinski definition) is 0. The van der Waals surface area contributed by atoms with Crippen molar-refractivity contribution in [3.05, 3.63) is 0 Å². The maximum absolute atomic E-state index is 2.18. The fourth-order valence-corrected chi connectivity index (χ4v) is 0. The van der Waals surface area contributed by atoms with E-state index in [0.717, 1.165) is 0 Å². The molecule has 0 aromatic rings. The third-order valence-corrected chi connectivity index (χ3v) is 1.50. The Kier molecular flexibility index (Phi) is 69.7. The fraction of sp³-hybridized carbons (Fsp3) is 1.00. The smallest absolute Gasteiger partial charge is 0 e. The van der Waals surface area contributed by atoms with E-state index in [1.165, 1.54) is 38.5 Å². The average Bonchev–Trinajstić information content (AvgIpc) is 2.18. The molecule has 0 fully saturated rings. The van der Waals surface area contributed by atoms with Gasteiger partial charge in [-0.3, -0.25) is 0 Å². The molecule has 0 rings (SSSR count). The van der Waals surface area contributed by atoms with Crippen molar-refractivity contribution in [3.8, 4) is 0 Å². The monoisotopic (exact) mass is 289 g/mol. The van der Waals surface area contributed by atoms with Gasteiger partial charge in [0.15, 0.2) is 0 Å². The van der Waals surface area contributed by atoms with E-state index in [4.69, 9.17) is 0 Å². The second-order valence-corrected chi connectivity index (χ2v) is 3.00. The molecule has 0 amide bonds. The summed E-state index contributed by atoms with van der Waals surface area (Å²) in [6.45, 7) is 13.1. The summed E-state index contributed by atoms with van der Waals surface area (Å²) < 4.78 is 0. The first-order valence-corrected chi connectivity index (χ1v) is 5.74. The molecule has 0 saturated carbocycles. The van der Waals surface area contributed by atoms with Crippen LogP contribution in [0.5, 0.6) is 0 Å². The van der Waals surface area contributed by atoms with Gasteiger partial charge in [0, 0.05) is 25.8 Å². The van der Waals surface area contributed by atoms with Gasteiger partial charge >= 0.3 is 0 Å². The minimum atomic E-state index is 0. The molecular weight excluding hydrogens is 259 g/mol. The first-order chi connectivity index (χ1) is 5.74. The van der Waals surface area contributed by atoms with Crippen LogP contribution in [-0.2, 0) is 0 Å². The van der Waals surface area contributed by atoms with Gasteiger partial charge < -0.3 is 0 Å². The van der Waals surface area contributed by atoms with Crippen molar-refractivity contribution in [3.63, 3.8) is 0 Å². The van der Waals surface area contributed by atoms with Crippen molar-refractivity contribution in [2.24, 2.45) is 0 Å². The van der Waals surface area contributed by atoms with Gasteiger partial charge in [-0.15, -0.1) is 0 Å². The summed E-state index contributed by atoms with van der Waals surface area (Å²) in [6.07, 6.45) is 7.92. The molecule has 0 bridgehead atoms. The molecule has 3 radical (unpaired) electrons. The Bertz CT molecular complexity index is 20.6. The van der Waals surface area contributed by atoms with Crippen molar-refractivity contribution in [1.82, 2.24) is 0 Å². The molecule has 0 unspecified atom stereocenters. The topological polar surface area (TPSA) is 0 Å². The van der Waals surface area contributed by atoms with Crippen LogP contribution in [0.2, 0.25) is 0 Å². The standard InChI is InChI=1S/3C4H10.In/c3*1-3-4-2;/h3*3-4H2,1-2H3;. The summed E-state index contributed by atoms with van der Waals surface area (Å²) in [7, 11) is 0. The van der Waals surface area contributed by atoms with Crippen molar-refractivity contribution < 1.29 is 0 Å². The molecule has 0 atom stereocenters. The van der Waals surface area contributed by atoms with E-state index in [0.29, 0.717) is 0 Å². The van der Waals surface area contributed by atoms with Crippen LogP contribution >= 0.6 is 0 Å². The van der Waals surface area contributed by atoms with E-state index < -0.39 is 0 Å². The van der Waals surface area contributed by atoms with Gasteiger partial charge in [-0.1, -0.05) is 80.1 Å². The van der Waals surface area contributed by atoms with Gasteiger partial charge in [0.25, 0.3) is 0 Å². The van der Waals surface area contributed by atoms with Crippen LogP contribution in [0.1, 0.15) is 80.1 Å². The van der Waals surface area contributed by atoms with E-state index in [9.17, 15) is 0 Å². The van der Waals surface area contributed by atoms with Crippen LogP contribution in [0, 0.1) is 0 Å². The molecule has 0 aromatic carbocycles. The summed E-state index contributed by atoms with van der Waals surface area (Å²) in [4.78, 5) is 0. The molecule has 0 aromatic heterocycles. The molecule has 0 nitrogen and oxygen atoms in total. The molecule has 0 heterocycles. The zero-order valence-electron chi connectivity index (χ0n) is 10.8. The molecule has 0 aliphatic rings. The molecule has 0 saturated heterocycles. The molecular formula is C12H30In. The predicted octanol–water partition coefficient (Wildman–Crippen LogP) is 5.04. The maximum atomic E-state index is 2.18. The molecule has 81 valence electrons. The zero-order chi connectivity index (χ0) is 10.2. The summed E-state index contributed by atoms with van der Waals surface area (Å²) in [5.41, 5.74) is 0. The zero-order valence-corrected chi connectivity index (χ0v) is 14.1. The minimum Gasteiger partial charge on any atom is -0.0654 e. The Balaban J connectivity index is -0.0000000450. The molecule has 1 heteroatoms. The molecule has 0 aliphatic carbocycles. The van der Waals surface area contributed by atoms with E-state index in [1.54, 1.807) is 0 Å². The van der Waals surface area contributed by atoms with Gasteiger partial charge in [0.1, 0.15) is 0 Å². The van der Waals surface area contributed by atoms with E-state index in [-0.39, 0.29) is 25.8 Å². The largest absolute Gasteiger partial charge is 0.0654 e. The molecule has 0 spiro atoms. The SMILES string of the molecule is CCCC.CCCC.CCCC.[In]. The van der Waals surface area contributed by atoms with E-state index in [1.807, 2.05) is 0 Å². The number of rotatable bonds is 3. The molecule has 0 aliphatic heterocycles. The Hall–Kier alpha value is 0.870. The molecule has 13 heavy (non-hydrogen) atoms. The first-order valence-electron chi connectivity index (χ1n) is 5.74. The van der Waals surface area contributed by atoms with Crippen molar-refractivity contribution >= 4 is 25.8 Å². The quantitative estimate of drug-likeness (QED) is 0.683. The fourth-order valence-electron chi connectivity index (χ4n) is 0. The second-order valence-electron chi connectivity index (χ2n) is 3.00. The van der Waals surface area contributed by atoms with Gasteiger partial charge in [0.05, 0.1) is 0 Å². The third-order valence-electron chi connectivity index (χ3n) is 1.50. The Morgan fingerprint density at radius 2 is 0.462 bits per heavy atom. The molecule has 0 N–H and O–H groups in total. The van der Waals surface area contributed by atoms with Gasteiger partial charge in [-0.25, -0.2) is 0 Å². The van der Waals surface area contributed by atoms with Crippen LogP contribution in [0.3, 0.4) is 0 Å². The average molecular weight is 289 g/mol. The number of hydrogen-bond acceptors (Lipinski definition) is 0. The van der Waals surface area contributed by atoms with Gasteiger partial charge in [-0.2, -0.15) is 0 Å². The first kappa shape index (κ1) is 23.6. The maximum Gasteiger partial charge on any atom is 0 e. The van der Waals surface area contributed by atoms with Crippen LogP contribution in [-0.4, -0.2) is 25.8 Å². The van der Waals surface area contributed by atoms with Crippen LogP contribution < -0.4 is 0 Å². The normalized spacial score (nSPS) is 6.92. The minimum absolute atomic E-state index is 0. The Morgan fingerprint density at radius 3 is 0.462 bits per heavy atom. The Morgan fingerprint density at radius 1 is 0.385 bits per heavy atom. The van der Waals surface area contributed by atoms with Crippen molar-refractivity contribution in [2.45, 2.75) is 80.1 Å². The van der Waals surface area contributed by atoms with Crippen LogP contribution in [0.4, 0.5) is 0 Å². The number of unbranched alkanes of at least 4 members (excludes halogenated alkanes) is 3. The van der Waals surface area contributed by atoms with Crippen molar-refractivity contribution in [1.29, 1.82) is 0 Å². The van der Waals surface area contributed by atoms with Crippen molar-refractivity contribution in [2.75, 3.05) is 0 Å². The Labute approximate surface area is 106 Å². The summed E-state index contributed by atoms with van der Waals surface area (Å²) >= 11 is 0. The summed E-state index contributed by atoms with van der Waals surface area (Å²) in [5.74, 6) is 0. The van der Waals surface area contributed by atoms with E-state index >= 15 is 0 Å². The van der Waals surface area contributed by atoms with E-state index in [2.05, 4.69) is 41.5 Å². The van der Waals surface area contributed by atoms with Crippen LogP contribution in [0.15, 0.2) is 0 Å². The predicted molar refractivity (Wildman–Crippen MR) is 67.5 cm³/mol. The van der Waals surface area contributed by atoms with Gasteiger partial charge in [-0.05, 0) is 0 Å². The van der Waals surface area contributed by atoms with Crippen LogP contribution in [0.25, 0.3) is 0 Å². The summed E-state index contributed by atoms with van der Waals surface area (Å²) in [5, 5.41) is 0. The van der Waals surface area contributed by atoms with Gasteiger partial charge in [0.2, 0.25) is 0 Å². The summed E-state index contributed by atoms with van der Waals surface area (Å²) in [6, 6.07) is 0.